The molecule has 0 aromatic heterocycles. The molecule has 0 spiro atoms. The predicted molar refractivity (Wildman–Crippen MR) is 96.8 cm³/mol. The van der Waals surface area contributed by atoms with Gasteiger partial charge in [0.25, 0.3) is 0 Å². The zero-order chi connectivity index (χ0) is 16.8. The molecular formula is C19H22BrNO2. The number of carboxylic acids is 1. The van der Waals surface area contributed by atoms with E-state index in [0.717, 1.165) is 29.4 Å². The van der Waals surface area contributed by atoms with Crippen LogP contribution in [0.1, 0.15) is 34.8 Å². The molecular weight excluding hydrogens is 354 g/mol. The number of nitrogens with zero attached hydrogens (tertiary/aromatic N) is 1. The lowest BCUT2D eigenvalue weighted by molar-refractivity contribution is 0.0697. The molecule has 4 heteroatoms. The fourth-order valence-corrected chi connectivity index (χ4v) is 3.15. The van der Waals surface area contributed by atoms with Gasteiger partial charge in [-0.3, -0.25) is 4.90 Å². The van der Waals surface area contributed by atoms with E-state index in [4.69, 9.17) is 5.11 Å². The van der Waals surface area contributed by atoms with Gasteiger partial charge in [0.15, 0.2) is 0 Å². The summed E-state index contributed by atoms with van der Waals surface area (Å²) in [5, 5.41) is 8.96. The van der Waals surface area contributed by atoms with Crippen LogP contribution in [0.4, 0.5) is 0 Å². The van der Waals surface area contributed by atoms with E-state index in [9.17, 15) is 4.79 Å². The molecule has 0 amide bonds. The highest BCUT2D eigenvalue weighted by atomic mass is 79.9. The first-order valence-corrected chi connectivity index (χ1v) is 8.56. The smallest absolute Gasteiger partial charge is 0.335 e. The van der Waals surface area contributed by atoms with Crippen molar-refractivity contribution in [3.05, 3.63) is 69.7 Å². The number of aromatic carboxylic acids is 1. The molecule has 0 aliphatic carbocycles. The van der Waals surface area contributed by atoms with Crippen molar-refractivity contribution < 1.29 is 9.90 Å². The van der Waals surface area contributed by atoms with Crippen LogP contribution in [0.2, 0.25) is 0 Å². The second-order valence-electron chi connectivity index (χ2n) is 5.77. The Morgan fingerprint density at radius 3 is 2.39 bits per heavy atom. The second kappa shape index (κ2) is 8.27. The molecule has 2 aromatic rings. The van der Waals surface area contributed by atoms with Crippen molar-refractivity contribution in [2.45, 2.75) is 32.4 Å². The van der Waals surface area contributed by atoms with Gasteiger partial charge in [0.1, 0.15) is 0 Å². The van der Waals surface area contributed by atoms with E-state index >= 15 is 0 Å². The first kappa shape index (κ1) is 17.7. The molecule has 0 heterocycles. The van der Waals surface area contributed by atoms with Gasteiger partial charge in [0.2, 0.25) is 0 Å². The van der Waals surface area contributed by atoms with Gasteiger partial charge in [0.05, 0.1) is 5.56 Å². The van der Waals surface area contributed by atoms with Gasteiger partial charge in [-0.05, 0) is 49.2 Å². The van der Waals surface area contributed by atoms with Gasteiger partial charge in [-0.1, -0.05) is 53.2 Å². The Bertz CT molecular complexity index is 655. The summed E-state index contributed by atoms with van der Waals surface area (Å²) in [6.45, 7) is 3.01. The molecule has 23 heavy (non-hydrogen) atoms. The number of carbonyl (C=O) groups is 1. The van der Waals surface area contributed by atoms with E-state index in [1.165, 1.54) is 5.56 Å². The lowest BCUT2D eigenvalue weighted by Crippen LogP contribution is -2.32. The number of rotatable bonds is 7. The number of hydrogen-bond donors (Lipinski definition) is 1. The van der Waals surface area contributed by atoms with Crippen LogP contribution in [0.3, 0.4) is 0 Å². The summed E-state index contributed by atoms with van der Waals surface area (Å²) < 4.78 is 1.15. The van der Waals surface area contributed by atoms with Crippen LogP contribution in [0, 0.1) is 0 Å². The monoisotopic (exact) mass is 375 g/mol. The van der Waals surface area contributed by atoms with Crippen LogP contribution in [-0.2, 0) is 13.0 Å². The maximum Gasteiger partial charge on any atom is 0.335 e. The Morgan fingerprint density at radius 2 is 1.83 bits per heavy atom. The van der Waals surface area contributed by atoms with Crippen LogP contribution in [0.15, 0.2) is 53.0 Å². The molecule has 0 aliphatic rings. The van der Waals surface area contributed by atoms with E-state index in [0.29, 0.717) is 11.6 Å². The average molecular weight is 376 g/mol. The number of benzene rings is 2. The summed E-state index contributed by atoms with van der Waals surface area (Å²) in [6, 6.07) is 15.9. The molecule has 2 aromatic carbocycles. The fourth-order valence-electron chi connectivity index (χ4n) is 2.70. The molecule has 122 valence electrons. The zero-order valence-corrected chi connectivity index (χ0v) is 15.1. The quantitative estimate of drug-likeness (QED) is 0.768. The molecule has 2 rings (SSSR count). The van der Waals surface area contributed by atoms with Gasteiger partial charge in [-0.15, -0.1) is 0 Å². The van der Waals surface area contributed by atoms with E-state index in [1.54, 1.807) is 12.1 Å². The van der Waals surface area contributed by atoms with Crippen molar-refractivity contribution in [3.63, 3.8) is 0 Å². The lowest BCUT2D eigenvalue weighted by atomic mass is 10.0. The molecule has 1 atom stereocenters. The Hall–Kier alpha value is -1.65. The maximum atomic E-state index is 10.9. The molecule has 1 unspecified atom stereocenters. The highest BCUT2D eigenvalue weighted by molar-refractivity contribution is 9.10. The van der Waals surface area contributed by atoms with Crippen molar-refractivity contribution in [2.75, 3.05) is 7.05 Å². The second-order valence-corrected chi connectivity index (χ2v) is 6.63. The third-order valence-corrected chi connectivity index (χ3v) is 4.91. The van der Waals surface area contributed by atoms with Crippen LogP contribution >= 0.6 is 15.9 Å². The Labute approximate surface area is 146 Å². The Kier molecular flexibility index (Phi) is 6.37. The molecule has 0 fully saturated rings. The minimum Gasteiger partial charge on any atom is -0.478 e. The molecule has 0 radical (unpaired) electrons. The van der Waals surface area contributed by atoms with E-state index < -0.39 is 5.97 Å². The number of halogens is 1. The van der Waals surface area contributed by atoms with Crippen molar-refractivity contribution in [1.29, 1.82) is 0 Å². The van der Waals surface area contributed by atoms with Crippen molar-refractivity contribution >= 4 is 21.9 Å². The molecule has 0 bridgehead atoms. The van der Waals surface area contributed by atoms with Crippen LogP contribution < -0.4 is 0 Å². The fraction of sp³-hybridized carbons (Fsp3) is 0.316. The highest BCUT2D eigenvalue weighted by Crippen LogP contribution is 2.21. The first-order valence-electron chi connectivity index (χ1n) is 7.77. The summed E-state index contributed by atoms with van der Waals surface area (Å²) in [4.78, 5) is 13.2. The van der Waals surface area contributed by atoms with Gasteiger partial charge >= 0.3 is 5.97 Å². The maximum absolute atomic E-state index is 10.9. The zero-order valence-electron chi connectivity index (χ0n) is 13.5. The Morgan fingerprint density at radius 1 is 1.17 bits per heavy atom. The summed E-state index contributed by atoms with van der Waals surface area (Å²) in [6.07, 6.45) is 2.05. The van der Waals surface area contributed by atoms with E-state index in [1.807, 2.05) is 18.2 Å². The highest BCUT2D eigenvalue weighted by Gasteiger charge is 2.15. The minimum atomic E-state index is -0.884. The van der Waals surface area contributed by atoms with Gasteiger partial charge in [-0.2, -0.15) is 0 Å². The molecule has 1 N–H and O–H groups in total. The van der Waals surface area contributed by atoms with Crippen LogP contribution in [0.5, 0.6) is 0 Å². The van der Waals surface area contributed by atoms with Gasteiger partial charge in [0, 0.05) is 17.1 Å². The summed E-state index contributed by atoms with van der Waals surface area (Å²) in [5.41, 5.74) is 2.77. The van der Waals surface area contributed by atoms with Crippen molar-refractivity contribution in [1.82, 2.24) is 4.90 Å². The minimum absolute atomic E-state index is 0.330. The number of likely N-dealkylation sites (N-methyl/N-ethyl adjacent to an activating group) is 1. The average Bonchev–Trinajstić information content (AvgIpc) is 2.54. The largest absolute Gasteiger partial charge is 0.478 e. The van der Waals surface area contributed by atoms with E-state index in [-0.39, 0.29) is 0 Å². The summed E-state index contributed by atoms with van der Waals surface area (Å²) in [7, 11) is 2.12. The van der Waals surface area contributed by atoms with Crippen LogP contribution in [0.25, 0.3) is 0 Å². The molecule has 0 saturated carbocycles. The van der Waals surface area contributed by atoms with Crippen molar-refractivity contribution in [2.24, 2.45) is 0 Å². The van der Waals surface area contributed by atoms with E-state index in [2.05, 4.69) is 53.0 Å². The molecule has 0 aliphatic heterocycles. The topological polar surface area (TPSA) is 40.5 Å². The number of carboxylic acid groups (broad SMARTS) is 1. The third kappa shape index (κ3) is 4.91. The third-order valence-electron chi connectivity index (χ3n) is 4.14. The standard InChI is InChI=1S/C19H22BrNO2/c1-3-17(12-16-6-4-5-7-18(16)20)21(2)13-14-8-10-15(11-9-14)19(22)23/h4-11,17H,3,12-13H2,1-2H3,(H,22,23). The summed E-state index contributed by atoms with van der Waals surface area (Å²) in [5.74, 6) is -0.884. The first-order chi connectivity index (χ1) is 11.0. The summed E-state index contributed by atoms with van der Waals surface area (Å²) >= 11 is 3.62. The van der Waals surface area contributed by atoms with Crippen molar-refractivity contribution in [3.8, 4) is 0 Å². The lowest BCUT2D eigenvalue weighted by Gasteiger charge is -2.27. The van der Waals surface area contributed by atoms with Crippen LogP contribution in [-0.4, -0.2) is 29.1 Å². The van der Waals surface area contributed by atoms with Gasteiger partial charge < -0.3 is 5.11 Å². The van der Waals surface area contributed by atoms with Gasteiger partial charge in [-0.25, -0.2) is 4.79 Å². The number of hydrogen-bond acceptors (Lipinski definition) is 2. The normalized spacial score (nSPS) is 12.3. The Balaban J connectivity index is 2.03. The molecule has 0 saturated heterocycles. The predicted octanol–water partition coefficient (Wildman–Crippen LogP) is 4.60. The SMILES string of the molecule is CCC(Cc1ccccc1Br)N(C)Cc1ccc(C(=O)O)cc1. The molecule has 3 nitrogen and oxygen atoms in total.